The van der Waals surface area contributed by atoms with E-state index in [2.05, 4.69) is 50.3 Å². The minimum Gasteiger partial charge on any atom is -0.354 e. The van der Waals surface area contributed by atoms with Crippen LogP contribution in [0.15, 0.2) is 36.5 Å². The van der Waals surface area contributed by atoms with Crippen molar-refractivity contribution in [1.29, 1.82) is 0 Å². The number of aryl methyl sites for hydroxylation is 2. The molecule has 2 heterocycles. The van der Waals surface area contributed by atoms with Gasteiger partial charge in [0.15, 0.2) is 5.82 Å². The molecule has 0 aliphatic rings. The number of halogens is 1. The van der Waals surface area contributed by atoms with E-state index in [-0.39, 0.29) is 5.82 Å². The highest BCUT2D eigenvalue weighted by Crippen LogP contribution is 2.32. The Hall–Kier alpha value is -2.36. The number of hydrogen-bond acceptors (Lipinski definition) is 2. The molecule has 0 bridgehead atoms. The standard InChI is InChI=1S/C22H28FN3/c1-15(2)11-13-26-17(4)16(3)20-10-12-24-22(21(20)26)25(5)14-18-6-8-19(23)9-7-18/h6-10,12,15H,11,13-14H2,1-5H3. The summed E-state index contributed by atoms with van der Waals surface area (Å²) >= 11 is 0. The van der Waals surface area contributed by atoms with Gasteiger partial charge in [-0.15, -0.1) is 0 Å². The summed E-state index contributed by atoms with van der Waals surface area (Å²) in [5.74, 6) is 1.43. The Kier molecular flexibility index (Phi) is 5.30. The molecule has 0 saturated heterocycles. The van der Waals surface area contributed by atoms with Gasteiger partial charge < -0.3 is 9.47 Å². The van der Waals surface area contributed by atoms with Crippen molar-refractivity contribution in [2.24, 2.45) is 5.92 Å². The second kappa shape index (κ2) is 7.48. The highest BCUT2D eigenvalue weighted by atomic mass is 19.1. The number of rotatable bonds is 6. The molecule has 0 aliphatic carbocycles. The molecule has 26 heavy (non-hydrogen) atoms. The van der Waals surface area contributed by atoms with E-state index in [1.807, 2.05) is 18.3 Å². The zero-order valence-electron chi connectivity index (χ0n) is 16.4. The second-order valence-corrected chi connectivity index (χ2v) is 7.56. The van der Waals surface area contributed by atoms with Gasteiger partial charge in [-0.05, 0) is 55.5 Å². The maximum atomic E-state index is 13.2. The number of pyridine rings is 1. The van der Waals surface area contributed by atoms with Crippen molar-refractivity contribution >= 4 is 16.7 Å². The predicted molar refractivity (Wildman–Crippen MR) is 107 cm³/mol. The fourth-order valence-corrected chi connectivity index (χ4v) is 3.46. The lowest BCUT2D eigenvalue weighted by Gasteiger charge is -2.21. The van der Waals surface area contributed by atoms with Gasteiger partial charge in [0.05, 0.1) is 5.52 Å². The van der Waals surface area contributed by atoms with Crippen LogP contribution in [0.4, 0.5) is 10.2 Å². The van der Waals surface area contributed by atoms with E-state index in [0.29, 0.717) is 12.5 Å². The van der Waals surface area contributed by atoms with Crippen LogP contribution in [0.2, 0.25) is 0 Å². The Bertz CT molecular complexity index is 894. The SMILES string of the molecule is Cc1c(C)n(CCC(C)C)c2c(N(C)Cc3ccc(F)cc3)nccc12. The van der Waals surface area contributed by atoms with E-state index in [4.69, 9.17) is 4.98 Å². The van der Waals surface area contributed by atoms with Gasteiger partial charge in [0.2, 0.25) is 0 Å². The van der Waals surface area contributed by atoms with Crippen molar-refractivity contribution in [3.05, 3.63) is 59.2 Å². The molecule has 0 saturated carbocycles. The van der Waals surface area contributed by atoms with E-state index >= 15 is 0 Å². The summed E-state index contributed by atoms with van der Waals surface area (Å²) in [5, 5.41) is 1.27. The highest BCUT2D eigenvalue weighted by molar-refractivity contribution is 5.93. The van der Waals surface area contributed by atoms with Crippen LogP contribution in [0, 0.1) is 25.6 Å². The van der Waals surface area contributed by atoms with Gasteiger partial charge in [0.25, 0.3) is 0 Å². The minimum absolute atomic E-state index is 0.203. The first-order valence-electron chi connectivity index (χ1n) is 9.28. The molecule has 0 N–H and O–H groups in total. The van der Waals surface area contributed by atoms with Crippen LogP contribution >= 0.6 is 0 Å². The average Bonchev–Trinajstić information content (AvgIpc) is 2.86. The third-order valence-electron chi connectivity index (χ3n) is 5.15. The first kappa shape index (κ1) is 18.4. The fourth-order valence-electron chi connectivity index (χ4n) is 3.46. The molecule has 3 rings (SSSR count). The van der Waals surface area contributed by atoms with Crippen LogP contribution < -0.4 is 4.90 Å². The lowest BCUT2D eigenvalue weighted by atomic mass is 10.1. The molecule has 0 fully saturated rings. The number of benzene rings is 1. The lowest BCUT2D eigenvalue weighted by molar-refractivity contribution is 0.519. The average molecular weight is 353 g/mol. The zero-order chi connectivity index (χ0) is 18.8. The molecular formula is C22H28FN3. The molecule has 0 unspecified atom stereocenters. The summed E-state index contributed by atoms with van der Waals surface area (Å²) in [6.45, 7) is 10.6. The van der Waals surface area contributed by atoms with Gasteiger partial charge in [-0.25, -0.2) is 9.37 Å². The van der Waals surface area contributed by atoms with E-state index in [1.54, 1.807) is 0 Å². The first-order valence-corrected chi connectivity index (χ1v) is 9.28. The third kappa shape index (κ3) is 3.59. The second-order valence-electron chi connectivity index (χ2n) is 7.56. The molecule has 3 aromatic rings. The lowest BCUT2D eigenvalue weighted by Crippen LogP contribution is -2.19. The molecule has 2 aromatic heterocycles. The molecular weight excluding hydrogens is 325 g/mol. The van der Waals surface area contributed by atoms with Crippen molar-refractivity contribution < 1.29 is 4.39 Å². The Morgan fingerprint density at radius 1 is 1.12 bits per heavy atom. The molecule has 3 nitrogen and oxygen atoms in total. The van der Waals surface area contributed by atoms with Crippen molar-refractivity contribution in [2.45, 2.75) is 47.2 Å². The van der Waals surface area contributed by atoms with Crippen LogP contribution in [0.25, 0.3) is 10.9 Å². The number of nitrogens with zero attached hydrogens (tertiary/aromatic N) is 3. The van der Waals surface area contributed by atoms with Crippen LogP contribution in [-0.4, -0.2) is 16.6 Å². The number of fused-ring (bicyclic) bond motifs is 1. The summed E-state index contributed by atoms with van der Waals surface area (Å²) in [4.78, 5) is 6.85. The summed E-state index contributed by atoms with van der Waals surface area (Å²) < 4.78 is 15.6. The van der Waals surface area contributed by atoms with Gasteiger partial charge in [-0.3, -0.25) is 0 Å². The van der Waals surface area contributed by atoms with Gasteiger partial charge >= 0.3 is 0 Å². The minimum atomic E-state index is -0.203. The predicted octanol–water partition coefficient (Wildman–Crippen LogP) is 5.47. The molecule has 0 atom stereocenters. The van der Waals surface area contributed by atoms with E-state index in [9.17, 15) is 4.39 Å². The summed E-state index contributed by atoms with van der Waals surface area (Å²) in [5.41, 5.74) is 4.90. The number of hydrogen-bond donors (Lipinski definition) is 0. The number of aromatic nitrogens is 2. The molecule has 0 amide bonds. The molecule has 0 spiro atoms. The van der Waals surface area contributed by atoms with Crippen LogP contribution in [0.3, 0.4) is 0 Å². The summed E-state index contributed by atoms with van der Waals surface area (Å²) in [6.07, 6.45) is 3.03. The van der Waals surface area contributed by atoms with Gasteiger partial charge in [-0.2, -0.15) is 0 Å². The maximum Gasteiger partial charge on any atom is 0.153 e. The van der Waals surface area contributed by atoms with Crippen LogP contribution in [0.5, 0.6) is 0 Å². The molecule has 4 heteroatoms. The summed E-state index contributed by atoms with van der Waals surface area (Å²) in [7, 11) is 2.05. The highest BCUT2D eigenvalue weighted by Gasteiger charge is 2.17. The Balaban J connectivity index is 2.01. The Labute approximate surface area is 155 Å². The van der Waals surface area contributed by atoms with Crippen molar-refractivity contribution in [2.75, 3.05) is 11.9 Å². The van der Waals surface area contributed by atoms with Crippen molar-refractivity contribution in [3.8, 4) is 0 Å². The Morgan fingerprint density at radius 3 is 2.46 bits per heavy atom. The van der Waals surface area contributed by atoms with Gasteiger partial charge in [0.1, 0.15) is 5.82 Å². The maximum absolute atomic E-state index is 13.2. The quantitative estimate of drug-likeness (QED) is 0.585. The monoisotopic (exact) mass is 353 g/mol. The first-order chi connectivity index (χ1) is 12.4. The van der Waals surface area contributed by atoms with Crippen molar-refractivity contribution in [3.63, 3.8) is 0 Å². The van der Waals surface area contributed by atoms with Crippen molar-refractivity contribution in [1.82, 2.24) is 9.55 Å². The summed E-state index contributed by atoms with van der Waals surface area (Å²) in [6, 6.07) is 8.80. The third-order valence-corrected chi connectivity index (χ3v) is 5.15. The zero-order valence-corrected chi connectivity index (χ0v) is 16.4. The molecule has 1 aromatic carbocycles. The Morgan fingerprint density at radius 2 is 1.81 bits per heavy atom. The smallest absolute Gasteiger partial charge is 0.153 e. The van der Waals surface area contributed by atoms with E-state index in [0.717, 1.165) is 24.3 Å². The van der Waals surface area contributed by atoms with Crippen LogP contribution in [0.1, 0.15) is 37.1 Å². The largest absolute Gasteiger partial charge is 0.354 e. The normalized spacial score (nSPS) is 11.5. The molecule has 138 valence electrons. The van der Waals surface area contributed by atoms with Gasteiger partial charge in [0, 0.05) is 37.4 Å². The molecule has 0 aliphatic heterocycles. The molecule has 0 radical (unpaired) electrons. The number of anilines is 1. The van der Waals surface area contributed by atoms with E-state index in [1.165, 1.54) is 34.3 Å². The van der Waals surface area contributed by atoms with Crippen LogP contribution in [-0.2, 0) is 13.1 Å². The topological polar surface area (TPSA) is 21.1 Å². The fraction of sp³-hybridized carbons (Fsp3) is 0.409. The van der Waals surface area contributed by atoms with Gasteiger partial charge in [-0.1, -0.05) is 26.0 Å². The van der Waals surface area contributed by atoms with E-state index < -0.39 is 0 Å².